The zero-order valence-corrected chi connectivity index (χ0v) is 13.8. The molecule has 1 amide bonds. The van der Waals surface area contributed by atoms with E-state index in [9.17, 15) is 9.59 Å². The number of piperazine rings is 1. The van der Waals surface area contributed by atoms with E-state index in [2.05, 4.69) is 16.9 Å². The van der Waals surface area contributed by atoms with Crippen LogP contribution in [0.5, 0.6) is 0 Å². The van der Waals surface area contributed by atoms with Crippen molar-refractivity contribution in [2.24, 2.45) is 0 Å². The SMILES string of the molecule is CN1CCN(C(=O)c2cccc(CC(=O)c3ccccc3)n2)CC1. The summed E-state index contributed by atoms with van der Waals surface area (Å²) < 4.78 is 0. The number of amides is 1. The molecule has 0 unspecified atom stereocenters. The van der Waals surface area contributed by atoms with Gasteiger partial charge in [0.1, 0.15) is 5.69 Å². The van der Waals surface area contributed by atoms with E-state index in [1.165, 1.54) is 0 Å². The van der Waals surface area contributed by atoms with Crippen molar-refractivity contribution in [2.45, 2.75) is 6.42 Å². The summed E-state index contributed by atoms with van der Waals surface area (Å²) in [4.78, 5) is 33.3. The molecule has 2 heterocycles. The van der Waals surface area contributed by atoms with E-state index in [4.69, 9.17) is 0 Å². The van der Waals surface area contributed by atoms with Crippen LogP contribution in [0.25, 0.3) is 0 Å². The fourth-order valence-corrected chi connectivity index (χ4v) is 2.76. The lowest BCUT2D eigenvalue weighted by molar-refractivity contribution is 0.0657. The van der Waals surface area contributed by atoms with Gasteiger partial charge in [0.2, 0.25) is 0 Å². The monoisotopic (exact) mass is 323 g/mol. The number of hydrogen-bond acceptors (Lipinski definition) is 4. The molecule has 124 valence electrons. The standard InChI is InChI=1S/C19H21N3O2/c1-21-10-12-22(13-11-21)19(24)17-9-5-8-16(20-17)14-18(23)15-6-3-2-4-7-15/h2-9H,10-14H2,1H3. The molecule has 0 bridgehead atoms. The van der Waals surface area contributed by atoms with Crippen LogP contribution in [-0.4, -0.2) is 59.7 Å². The average Bonchev–Trinajstić information content (AvgIpc) is 2.63. The molecule has 0 saturated carbocycles. The highest BCUT2D eigenvalue weighted by molar-refractivity contribution is 5.97. The van der Waals surface area contributed by atoms with E-state index < -0.39 is 0 Å². The summed E-state index contributed by atoms with van der Waals surface area (Å²) in [6.45, 7) is 3.17. The topological polar surface area (TPSA) is 53.5 Å². The van der Waals surface area contributed by atoms with Crippen molar-refractivity contribution in [1.82, 2.24) is 14.8 Å². The molecular formula is C19H21N3O2. The van der Waals surface area contributed by atoms with Gasteiger partial charge in [-0.1, -0.05) is 36.4 Å². The minimum Gasteiger partial charge on any atom is -0.335 e. The van der Waals surface area contributed by atoms with Crippen LogP contribution in [0.2, 0.25) is 0 Å². The molecule has 1 aliphatic heterocycles. The Kier molecular flexibility index (Phi) is 5.01. The molecule has 3 rings (SSSR count). The van der Waals surface area contributed by atoms with Gasteiger partial charge >= 0.3 is 0 Å². The van der Waals surface area contributed by atoms with Crippen LogP contribution in [0.4, 0.5) is 0 Å². The quantitative estimate of drug-likeness (QED) is 0.807. The largest absolute Gasteiger partial charge is 0.335 e. The van der Waals surface area contributed by atoms with Crippen molar-refractivity contribution in [3.63, 3.8) is 0 Å². The highest BCUT2D eigenvalue weighted by Crippen LogP contribution is 2.10. The molecule has 5 heteroatoms. The first-order valence-electron chi connectivity index (χ1n) is 8.15. The van der Waals surface area contributed by atoms with E-state index >= 15 is 0 Å². The van der Waals surface area contributed by atoms with Crippen LogP contribution in [-0.2, 0) is 6.42 Å². The van der Waals surface area contributed by atoms with Gasteiger partial charge in [-0.25, -0.2) is 4.98 Å². The van der Waals surface area contributed by atoms with Crippen LogP contribution < -0.4 is 0 Å². The van der Waals surface area contributed by atoms with Gasteiger partial charge in [-0.05, 0) is 19.2 Å². The number of hydrogen-bond donors (Lipinski definition) is 0. The Morgan fingerprint density at radius 2 is 1.67 bits per heavy atom. The van der Waals surface area contributed by atoms with E-state index in [0.717, 1.165) is 13.1 Å². The molecule has 0 aliphatic carbocycles. The van der Waals surface area contributed by atoms with E-state index in [1.54, 1.807) is 30.3 Å². The maximum Gasteiger partial charge on any atom is 0.272 e. The Morgan fingerprint density at radius 1 is 0.958 bits per heavy atom. The van der Waals surface area contributed by atoms with Gasteiger partial charge in [-0.2, -0.15) is 0 Å². The lowest BCUT2D eigenvalue weighted by Gasteiger charge is -2.32. The summed E-state index contributed by atoms with van der Waals surface area (Å²) in [6.07, 6.45) is 0.202. The lowest BCUT2D eigenvalue weighted by Crippen LogP contribution is -2.47. The molecule has 0 N–H and O–H groups in total. The van der Waals surface area contributed by atoms with Gasteiger partial charge < -0.3 is 9.80 Å². The predicted octanol–water partition coefficient (Wildman–Crippen LogP) is 1.89. The molecule has 1 aliphatic rings. The Morgan fingerprint density at radius 3 is 2.38 bits per heavy atom. The van der Waals surface area contributed by atoms with Crippen molar-refractivity contribution in [2.75, 3.05) is 33.2 Å². The van der Waals surface area contributed by atoms with Crippen LogP contribution >= 0.6 is 0 Å². The zero-order valence-electron chi connectivity index (χ0n) is 13.8. The second-order valence-electron chi connectivity index (χ2n) is 6.08. The van der Waals surface area contributed by atoms with E-state index in [0.29, 0.717) is 30.0 Å². The normalized spacial score (nSPS) is 15.3. The highest BCUT2D eigenvalue weighted by atomic mass is 16.2. The minimum atomic E-state index is -0.0582. The number of carbonyl (C=O) groups is 2. The molecular weight excluding hydrogens is 302 g/mol. The van der Waals surface area contributed by atoms with Gasteiger partial charge in [0.15, 0.2) is 5.78 Å². The van der Waals surface area contributed by atoms with Gasteiger partial charge in [0.05, 0.1) is 6.42 Å². The third-order valence-corrected chi connectivity index (χ3v) is 4.25. The van der Waals surface area contributed by atoms with Crippen molar-refractivity contribution in [3.05, 3.63) is 65.5 Å². The summed E-state index contributed by atoms with van der Waals surface area (Å²) >= 11 is 0. The number of rotatable bonds is 4. The third-order valence-electron chi connectivity index (χ3n) is 4.25. The summed E-state index contributed by atoms with van der Waals surface area (Å²) in [5.41, 5.74) is 1.71. The zero-order chi connectivity index (χ0) is 16.9. The van der Waals surface area contributed by atoms with Crippen LogP contribution in [0, 0.1) is 0 Å². The number of Topliss-reactive ketones (excluding diaryl/α,β-unsaturated/α-hetero) is 1. The molecule has 24 heavy (non-hydrogen) atoms. The van der Waals surface area contributed by atoms with E-state index in [1.807, 2.05) is 23.1 Å². The van der Waals surface area contributed by atoms with Gasteiger partial charge in [0.25, 0.3) is 5.91 Å². The highest BCUT2D eigenvalue weighted by Gasteiger charge is 2.21. The molecule has 0 radical (unpaired) electrons. The molecule has 1 saturated heterocycles. The molecule has 0 spiro atoms. The first-order valence-corrected chi connectivity index (χ1v) is 8.15. The number of pyridine rings is 1. The number of likely N-dealkylation sites (N-methyl/N-ethyl adjacent to an activating group) is 1. The van der Waals surface area contributed by atoms with Crippen LogP contribution in [0.1, 0.15) is 26.5 Å². The predicted molar refractivity (Wildman–Crippen MR) is 92.1 cm³/mol. The summed E-state index contributed by atoms with van der Waals surface area (Å²) in [5, 5.41) is 0. The second kappa shape index (κ2) is 7.36. The number of ketones is 1. The molecule has 0 atom stereocenters. The first kappa shape index (κ1) is 16.3. The number of carbonyl (C=O) groups excluding carboxylic acids is 2. The van der Waals surface area contributed by atoms with Gasteiger partial charge in [-0.15, -0.1) is 0 Å². The van der Waals surface area contributed by atoms with Gasteiger partial charge in [-0.3, -0.25) is 9.59 Å². The fourth-order valence-electron chi connectivity index (χ4n) is 2.76. The average molecular weight is 323 g/mol. The maximum atomic E-state index is 12.6. The first-order chi connectivity index (χ1) is 11.6. The molecule has 2 aromatic rings. The summed E-state index contributed by atoms with van der Waals surface area (Å²) in [7, 11) is 2.05. The Balaban J connectivity index is 1.70. The van der Waals surface area contributed by atoms with Crippen molar-refractivity contribution in [1.29, 1.82) is 0 Å². The number of nitrogens with zero attached hydrogens (tertiary/aromatic N) is 3. The smallest absolute Gasteiger partial charge is 0.272 e. The van der Waals surface area contributed by atoms with E-state index in [-0.39, 0.29) is 18.1 Å². The Labute approximate surface area is 141 Å². The third kappa shape index (κ3) is 3.86. The van der Waals surface area contributed by atoms with Crippen molar-refractivity contribution >= 4 is 11.7 Å². The summed E-state index contributed by atoms with van der Waals surface area (Å²) in [5.74, 6) is -0.0515. The Bertz CT molecular complexity index is 722. The van der Waals surface area contributed by atoms with Crippen molar-refractivity contribution in [3.8, 4) is 0 Å². The molecule has 1 fully saturated rings. The van der Waals surface area contributed by atoms with Gasteiger partial charge in [0, 0.05) is 37.4 Å². The maximum absolute atomic E-state index is 12.6. The number of aromatic nitrogens is 1. The second-order valence-corrected chi connectivity index (χ2v) is 6.08. The van der Waals surface area contributed by atoms with Crippen LogP contribution in [0.15, 0.2) is 48.5 Å². The number of benzene rings is 1. The fraction of sp³-hybridized carbons (Fsp3) is 0.316. The Hall–Kier alpha value is -2.53. The lowest BCUT2D eigenvalue weighted by atomic mass is 10.1. The molecule has 5 nitrogen and oxygen atoms in total. The van der Waals surface area contributed by atoms with Crippen LogP contribution in [0.3, 0.4) is 0 Å². The minimum absolute atomic E-state index is 0.00676. The molecule has 1 aromatic heterocycles. The molecule has 1 aromatic carbocycles. The van der Waals surface area contributed by atoms with Crippen molar-refractivity contribution < 1.29 is 9.59 Å². The summed E-state index contributed by atoms with van der Waals surface area (Å²) in [6, 6.07) is 14.5.